The minimum absolute atomic E-state index is 0.0317. The highest BCUT2D eigenvalue weighted by Gasteiger charge is 2.33. The van der Waals surface area contributed by atoms with Gasteiger partial charge in [-0.1, -0.05) is 12.1 Å². The van der Waals surface area contributed by atoms with Crippen LogP contribution in [0.5, 0.6) is 0 Å². The van der Waals surface area contributed by atoms with E-state index >= 15 is 0 Å². The summed E-state index contributed by atoms with van der Waals surface area (Å²) in [5.74, 6) is -0.143. The summed E-state index contributed by atoms with van der Waals surface area (Å²) in [5, 5.41) is 7.82. The van der Waals surface area contributed by atoms with E-state index in [9.17, 15) is 14.0 Å². The summed E-state index contributed by atoms with van der Waals surface area (Å²) in [6.45, 7) is 10.0. The molecule has 0 unspecified atom stereocenters. The molecule has 38 heavy (non-hydrogen) atoms. The summed E-state index contributed by atoms with van der Waals surface area (Å²) in [4.78, 5) is 32.0. The number of nitrogens with one attached hydrogen (secondary N) is 1. The van der Waals surface area contributed by atoms with Gasteiger partial charge in [0.25, 0.3) is 0 Å². The summed E-state index contributed by atoms with van der Waals surface area (Å²) in [6, 6.07) is 10.4. The van der Waals surface area contributed by atoms with Crippen molar-refractivity contribution < 1.29 is 18.7 Å². The minimum Gasteiger partial charge on any atom is -0.444 e. The number of fused-ring (bicyclic) bond motifs is 1. The van der Waals surface area contributed by atoms with Crippen LogP contribution in [-0.2, 0) is 16.1 Å². The topological polar surface area (TPSA) is 92.6 Å². The number of benzene rings is 1. The van der Waals surface area contributed by atoms with Gasteiger partial charge in [0.15, 0.2) is 0 Å². The molecule has 0 saturated heterocycles. The number of anilines is 2. The molecule has 1 aliphatic heterocycles. The number of nitrogens with zero attached hydrogens (tertiary/aromatic N) is 5. The number of ether oxygens (including phenoxy) is 1. The Kier molecular flexibility index (Phi) is 7.71. The van der Waals surface area contributed by atoms with Crippen LogP contribution in [0.2, 0.25) is 0 Å². The first-order valence-electron chi connectivity index (χ1n) is 12.7. The molecule has 0 radical (unpaired) electrons. The van der Waals surface area contributed by atoms with Crippen LogP contribution in [-0.4, -0.2) is 56.9 Å². The molecule has 9 nitrogen and oxygen atoms in total. The summed E-state index contributed by atoms with van der Waals surface area (Å²) >= 11 is 0. The van der Waals surface area contributed by atoms with Gasteiger partial charge in [-0.05, 0) is 69.5 Å². The molecule has 0 saturated carbocycles. The van der Waals surface area contributed by atoms with Gasteiger partial charge in [-0.25, -0.2) is 9.78 Å². The van der Waals surface area contributed by atoms with E-state index in [1.165, 1.54) is 11.0 Å². The highest BCUT2D eigenvalue weighted by molar-refractivity contribution is 5.94. The number of carbonyl (C=O) groups is 2. The van der Waals surface area contributed by atoms with Crippen molar-refractivity contribution >= 4 is 23.5 Å². The van der Waals surface area contributed by atoms with Crippen LogP contribution < -0.4 is 10.2 Å². The molecule has 3 aromatic rings. The van der Waals surface area contributed by atoms with E-state index in [4.69, 9.17) is 4.74 Å². The van der Waals surface area contributed by atoms with Crippen molar-refractivity contribution in [3.63, 3.8) is 0 Å². The highest BCUT2D eigenvalue weighted by atomic mass is 19.1. The monoisotopic (exact) mass is 522 g/mol. The zero-order valence-electron chi connectivity index (χ0n) is 22.7. The maximum absolute atomic E-state index is 13.7. The molecule has 2 aromatic heterocycles. The molecule has 3 heterocycles. The minimum atomic E-state index is -0.553. The van der Waals surface area contributed by atoms with Gasteiger partial charge in [-0.2, -0.15) is 9.49 Å². The fourth-order valence-corrected chi connectivity index (χ4v) is 4.65. The van der Waals surface area contributed by atoms with Crippen LogP contribution in [0, 0.1) is 5.95 Å². The maximum Gasteiger partial charge on any atom is 0.410 e. The SMILES string of the molecule is CC(=O)N1c2ccc(-c3cnn(CCN(C)C(=O)OC(C)(C)C)c3)cc2[C@H](Nc2cccc(F)n2)C[C@@H]1C. The molecule has 1 aliphatic rings. The van der Waals surface area contributed by atoms with E-state index in [-0.39, 0.29) is 24.1 Å². The first kappa shape index (κ1) is 27.1. The summed E-state index contributed by atoms with van der Waals surface area (Å²) in [5.41, 5.74) is 3.04. The Morgan fingerprint density at radius 1 is 1.21 bits per heavy atom. The molecule has 4 rings (SSSR count). The van der Waals surface area contributed by atoms with Gasteiger partial charge in [0.2, 0.25) is 11.9 Å². The maximum atomic E-state index is 13.7. The number of rotatable bonds is 6. The quantitative estimate of drug-likeness (QED) is 0.445. The Balaban J connectivity index is 1.56. The third-order valence-electron chi connectivity index (χ3n) is 6.39. The van der Waals surface area contributed by atoms with Gasteiger partial charge in [-0.3, -0.25) is 9.48 Å². The molecule has 202 valence electrons. The molecular formula is C28H35FN6O3. The first-order valence-corrected chi connectivity index (χ1v) is 12.7. The average molecular weight is 523 g/mol. The fourth-order valence-electron chi connectivity index (χ4n) is 4.65. The molecule has 0 aliphatic carbocycles. The van der Waals surface area contributed by atoms with Gasteiger partial charge in [0.1, 0.15) is 11.4 Å². The van der Waals surface area contributed by atoms with E-state index < -0.39 is 11.5 Å². The van der Waals surface area contributed by atoms with Gasteiger partial charge < -0.3 is 19.9 Å². The number of likely N-dealkylation sites (N-methyl/N-ethyl adjacent to an activating group) is 1. The number of amides is 2. The van der Waals surface area contributed by atoms with Crippen LogP contribution in [0.25, 0.3) is 11.1 Å². The van der Waals surface area contributed by atoms with Gasteiger partial charge >= 0.3 is 6.09 Å². The lowest BCUT2D eigenvalue weighted by Gasteiger charge is -2.39. The van der Waals surface area contributed by atoms with E-state index in [0.717, 1.165) is 22.4 Å². The van der Waals surface area contributed by atoms with Gasteiger partial charge in [0, 0.05) is 44.0 Å². The van der Waals surface area contributed by atoms with Crippen molar-refractivity contribution in [1.82, 2.24) is 19.7 Å². The second-order valence-corrected chi connectivity index (χ2v) is 10.7. The summed E-state index contributed by atoms with van der Waals surface area (Å²) in [7, 11) is 1.70. The molecule has 10 heteroatoms. The molecule has 0 spiro atoms. The number of hydrogen-bond acceptors (Lipinski definition) is 6. The third kappa shape index (κ3) is 6.30. The van der Waals surface area contributed by atoms with Crippen molar-refractivity contribution in [2.24, 2.45) is 0 Å². The summed E-state index contributed by atoms with van der Waals surface area (Å²) < 4.78 is 20.9. The van der Waals surface area contributed by atoms with Crippen molar-refractivity contribution in [2.75, 3.05) is 23.8 Å². The second kappa shape index (κ2) is 10.8. The van der Waals surface area contributed by atoms with Gasteiger partial charge in [-0.15, -0.1) is 0 Å². The number of pyridine rings is 1. The lowest BCUT2D eigenvalue weighted by atomic mass is 9.89. The van der Waals surface area contributed by atoms with Crippen LogP contribution in [0.3, 0.4) is 0 Å². The molecule has 0 fully saturated rings. The Morgan fingerprint density at radius 2 is 1.97 bits per heavy atom. The zero-order valence-corrected chi connectivity index (χ0v) is 22.7. The number of aromatic nitrogens is 3. The van der Waals surface area contributed by atoms with E-state index in [1.807, 2.05) is 52.1 Å². The lowest BCUT2D eigenvalue weighted by molar-refractivity contribution is -0.117. The van der Waals surface area contributed by atoms with Crippen molar-refractivity contribution in [2.45, 2.75) is 65.3 Å². The molecule has 1 N–H and O–H groups in total. The van der Waals surface area contributed by atoms with Crippen LogP contribution in [0.4, 0.5) is 20.7 Å². The zero-order chi connectivity index (χ0) is 27.6. The molecule has 1 aromatic carbocycles. The molecular weight excluding hydrogens is 487 g/mol. The largest absolute Gasteiger partial charge is 0.444 e. The van der Waals surface area contributed by atoms with Crippen molar-refractivity contribution in [3.05, 3.63) is 60.3 Å². The number of carbonyl (C=O) groups excluding carboxylic acids is 2. The first-order chi connectivity index (χ1) is 17.9. The molecule has 2 amide bonds. The standard InChI is InChI=1S/C28H35FN6O3/c1-18-14-23(31-26-9-7-8-25(29)32-26)22-15-20(10-11-24(22)35(18)19(2)36)21-16-30-34(17-21)13-12-33(6)27(37)38-28(3,4)5/h7-11,15-18,23H,12-14H2,1-6H3,(H,31,32)/t18-,23+/m0/s1. The normalized spacial score (nSPS) is 17.1. The van der Waals surface area contributed by atoms with Crippen LogP contribution >= 0.6 is 0 Å². The Bertz CT molecular complexity index is 1320. The molecule has 2 atom stereocenters. The third-order valence-corrected chi connectivity index (χ3v) is 6.39. The predicted molar refractivity (Wildman–Crippen MR) is 144 cm³/mol. The van der Waals surface area contributed by atoms with Crippen molar-refractivity contribution in [3.8, 4) is 11.1 Å². The van der Waals surface area contributed by atoms with E-state index in [0.29, 0.717) is 25.3 Å². The average Bonchev–Trinajstić information content (AvgIpc) is 3.30. The van der Waals surface area contributed by atoms with Crippen molar-refractivity contribution in [1.29, 1.82) is 0 Å². The highest BCUT2D eigenvalue weighted by Crippen LogP contribution is 2.41. The van der Waals surface area contributed by atoms with E-state index in [1.54, 1.807) is 41.9 Å². The van der Waals surface area contributed by atoms with Crippen LogP contribution in [0.1, 0.15) is 52.6 Å². The Morgan fingerprint density at radius 3 is 2.66 bits per heavy atom. The molecule has 0 bridgehead atoms. The Labute approximate surface area is 222 Å². The predicted octanol–water partition coefficient (Wildman–Crippen LogP) is 5.25. The van der Waals surface area contributed by atoms with Gasteiger partial charge in [0.05, 0.1) is 18.8 Å². The second-order valence-electron chi connectivity index (χ2n) is 10.7. The number of hydrogen-bond donors (Lipinski definition) is 1. The smallest absolute Gasteiger partial charge is 0.410 e. The van der Waals surface area contributed by atoms with E-state index in [2.05, 4.69) is 15.4 Å². The van der Waals surface area contributed by atoms with Crippen LogP contribution in [0.15, 0.2) is 48.8 Å². The summed E-state index contributed by atoms with van der Waals surface area (Å²) in [6.07, 6.45) is 3.97. The fraction of sp³-hybridized carbons (Fsp3) is 0.429. The number of halogens is 1. The lowest BCUT2D eigenvalue weighted by Crippen LogP contribution is -2.43. The Hall–Kier alpha value is -3.95.